The van der Waals surface area contributed by atoms with E-state index in [1.54, 1.807) is 6.33 Å². The van der Waals surface area contributed by atoms with Crippen LogP contribution in [0.4, 0.5) is 5.82 Å². The Balaban J connectivity index is 0.000000396. The molecule has 0 unspecified atom stereocenters. The van der Waals surface area contributed by atoms with Gasteiger partial charge in [0.15, 0.2) is 11.5 Å². The molecular weight excluding hydrogens is 281 g/mol. The van der Waals surface area contributed by atoms with E-state index in [1.165, 1.54) is 6.33 Å². The van der Waals surface area contributed by atoms with Crippen molar-refractivity contribution < 1.29 is 0 Å². The molecule has 2 aromatic rings. The molecule has 0 bridgehead atoms. The van der Waals surface area contributed by atoms with Crippen LogP contribution in [-0.2, 0) is 0 Å². The van der Waals surface area contributed by atoms with E-state index < -0.39 is 0 Å². The molecule has 0 spiro atoms. The maximum Gasteiger partial charge on any atom is 0.182 e. The van der Waals surface area contributed by atoms with Crippen LogP contribution in [-0.4, -0.2) is 31.9 Å². The van der Waals surface area contributed by atoms with Gasteiger partial charge in [-0.2, -0.15) is 0 Å². The number of nitrogens with one attached hydrogen (secondary N) is 2. The number of H-pyrrole nitrogens is 1. The number of fused-ring (bicyclic) bond motifs is 1. The number of hydrogen-bond donors (Lipinski definition) is 2. The first-order chi connectivity index (χ1) is 6.42. The zero-order valence-corrected chi connectivity index (χ0v) is 9.53. The monoisotopic (exact) mass is 291 g/mol. The Morgan fingerprint density at radius 2 is 2.08 bits per heavy atom. The van der Waals surface area contributed by atoms with Crippen molar-refractivity contribution in [1.29, 1.82) is 0 Å². The van der Waals surface area contributed by atoms with E-state index in [0.29, 0.717) is 5.65 Å². The summed E-state index contributed by atoms with van der Waals surface area (Å²) < 4.78 is 0. The molecule has 0 aliphatic rings. The average molecular weight is 291 g/mol. The molecule has 0 aliphatic carbocycles. The maximum atomic E-state index is 4.00. The van der Waals surface area contributed by atoms with Gasteiger partial charge in [0, 0.05) is 7.05 Å². The molecule has 13 heavy (non-hydrogen) atoms. The molecule has 2 rings (SSSR count). The molecule has 70 valence electrons. The van der Waals surface area contributed by atoms with Gasteiger partial charge in [0.1, 0.15) is 11.8 Å². The van der Waals surface area contributed by atoms with Gasteiger partial charge in [0.2, 0.25) is 0 Å². The lowest BCUT2D eigenvalue weighted by Gasteiger charge is -1.96. The Bertz CT molecular complexity index is 372. The van der Waals surface area contributed by atoms with E-state index in [1.807, 2.05) is 12.0 Å². The fourth-order valence-corrected chi connectivity index (χ4v) is 0.955. The summed E-state index contributed by atoms with van der Waals surface area (Å²) in [5.74, 6) is 0.771. The lowest BCUT2D eigenvalue weighted by Crippen LogP contribution is -1.93. The van der Waals surface area contributed by atoms with Crippen molar-refractivity contribution in [3.8, 4) is 0 Å². The van der Waals surface area contributed by atoms with Crippen molar-refractivity contribution in [1.82, 2.24) is 19.9 Å². The van der Waals surface area contributed by atoms with E-state index in [9.17, 15) is 0 Å². The van der Waals surface area contributed by atoms with Crippen LogP contribution >= 0.6 is 22.6 Å². The summed E-state index contributed by atoms with van der Waals surface area (Å²) in [6.07, 6.45) is 3.08. The Labute approximate surface area is 89.5 Å². The summed E-state index contributed by atoms with van der Waals surface area (Å²) >= 11 is 2.15. The molecule has 0 radical (unpaired) electrons. The highest BCUT2D eigenvalue weighted by molar-refractivity contribution is 14.1. The lowest BCUT2D eigenvalue weighted by molar-refractivity contribution is 1.19. The first-order valence-electron chi connectivity index (χ1n) is 3.61. The van der Waals surface area contributed by atoms with Crippen LogP contribution in [0.1, 0.15) is 0 Å². The zero-order valence-electron chi connectivity index (χ0n) is 7.37. The fraction of sp³-hybridized carbons (Fsp3) is 0.286. The fourth-order valence-electron chi connectivity index (χ4n) is 0.955. The van der Waals surface area contributed by atoms with Gasteiger partial charge in [0.05, 0.1) is 6.33 Å². The molecule has 0 fully saturated rings. The normalized spacial score (nSPS) is 9.15. The minimum absolute atomic E-state index is 0.685. The van der Waals surface area contributed by atoms with Gasteiger partial charge in [-0.3, -0.25) is 0 Å². The highest BCUT2D eigenvalue weighted by Crippen LogP contribution is 2.12. The van der Waals surface area contributed by atoms with Crippen LogP contribution in [0.15, 0.2) is 12.7 Å². The molecular formula is C7H10IN5. The van der Waals surface area contributed by atoms with Crippen LogP contribution in [0.2, 0.25) is 0 Å². The molecule has 6 heteroatoms. The van der Waals surface area contributed by atoms with Gasteiger partial charge in [-0.25, -0.2) is 15.0 Å². The minimum atomic E-state index is 0.685. The predicted octanol–water partition coefficient (Wildman–Crippen LogP) is 1.45. The number of imidazole rings is 1. The van der Waals surface area contributed by atoms with Gasteiger partial charge in [0.25, 0.3) is 0 Å². The largest absolute Gasteiger partial charge is 0.371 e. The van der Waals surface area contributed by atoms with Crippen LogP contribution in [0.25, 0.3) is 11.2 Å². The van der Waals surface area contributed by atoms with Gasteiger partial charge >= 0.3 is 0 Å². The Hall–Kier alpha value is -0.920. The third-order valence-electron chi connectivity index (χ3n) is 1.46. The van der Waals surface area contributed by atoms with Crippen molar-refractivity contribution in [3.63, 3.8) is 0 Å². The molecule has 2 aromatic heterocycles. The topological polar surface area (TPSA) is 66.5 Å². The molecule has 0 amide bonds. The molecule has 0 aliphatic heterocycles. The third-order valence-corrected chi connectivity index (χ3v) is 1.46. The molecule has 0 aromatic carbocycles. The van der Waals surface area contributed by atoms with Crippen LogP contribution in [0.3, 0.4) is 0 Å². The summed E-state index contributed by atoms with van der Waals surface area (Å²) in [6.45, 7) is 0. The second-order valence-electron chi connectivity index (χ2n) is 2.07. The second-order valence-corrected chi connectivity index (χ2v) is 2.07. The number of rotatable bonds is 1. The van der Waals surface area contributed by atoms with Gasteiger partial charge in [-0.1, -0.05) is 22.6 Å². The van der Waals surface area contributed by atoms with E-state index in [2.05, 4.69) is 47.8 Å². The van der Waals surface area contributed by atoms with Crippen molar-refractivity contribution in [2.24, 2.45) is 0 Å². The summed E-state index contributed by atoms with van der Waals surface area (Å²) in [4.78, 5) is 16.9. The average Bonchev–Trinajstić information content (AvgIpc) is 2.68. The van der Waals surface area contributed by atoms with E-state index in [4.69, 9.17) is 0 Å². The smallest absolute Gasteiger partial charge is 0.182 e. The number of alkyl halides is 1. The highest BCUT2D eigenvalue weighted by Gasteiger charge is 2.01. The number of halogens is 1. The Morgan fingerprint density at radius 3 is 2.77 bits per heavy atom. The van der Waals surface area contributed by atoms with Crippen LogP contribution < -0.4 is 5.32 Å². The number of aromatic nitrogens is 4. The number of nitrogens with zero attached hydrogens (tertiary/aromatic N) is 3. The third kappa shape index (κ3) is 2.06. The van der Waals surface area contributed by atoms with Crippen LogP contribution in [0, 0.1) is 0 Å². The van der Waals surface area contributed by atoms with Crippen molar-refractivity contribution in [2.45, 2.75) is 0 Å². The molecule has 5 nitrogen and oxygen atoms in total. The van der Waals surface area contributed by atoms with E-state index >= 15 is 0 Å². The van der Waals surface area contributed by atoms with Crippen molar-refractivity contribution in [3.05, 3.63) is 12.7 Å². The quantitative estimate of drug-likeness (QED) is 0.616. The molecule has 0 saturated heterocycles. The van der Waals surface area contributed by atoms with Crippen molar-refractivity contribution in [2.75, 3.05) is 17.3 Å². The molecule has 2 heterocycles. The maximum absolute atomic E-state index is 4.00. The molecule has 0 atom stereocenters. The summed E-state index contributed by atoms with van der Waals surface area (Å²) in [6, 6.07) is 0. The van der Waals surface area contributed by atoms with E-state index in [-0.39, 0.29) is 0 Å². The first kappa shape index (κ1) is 10.2. The zero-order chi connectivity index (χ0) is 9.68. The minimum Gasteiger partial charge on any atom is -0.371 e. The SMILES string of the molecule is CI.CNc1ncnc2nc[nH]c12. The summed E-state index contributed by atoms with van der Waals surface area (Å²) in [7, 11) is 1.81. The summed E-state index contributed by atoms with van der Waals surface area (Å²) in [5.41, 5.74) is 1.53. The summed E-state index contributed by atoms with van der Waals surface area (Å²) in [5, 5.41) is 2.93. The van der Waals surface area contributed by atoms with Gasteiger partial charge < -0.3 is 10.3 Å². The van der Waals surface area contributed by atoms with Gasteiger partial charge in [-0.05, 0) is 4.93 Å². The highest BCUT2D eigenvalue weighted by atomic mass is 127. The first-order valence-corrected chi connectivity index (χ1v) is 5.77. The Morgan fingerprint density at radius 1 is 1.31 bits per heavy atom. The number of hydrogen-bond acceptors (Lipinski definition) is 4. The second kappa shape index (κ2) is 4.95. The predicted molar refractivity (Wildman–Crippen MR) is 61.2 cm³/mol. The Kier molecular flexibility index (Phi) is 3.87. The molecule has 0 saturated carbocycles. The molecule has 2 N–H and O–H groups in total. The van der Waals surface area contributed by atoms with Crippen molar-refractivity contribution >= 4 is 39.6 Å². The standard InChI is InChI=1S/C6H7N5.CH3I/c1-7-5-4-6(10-2-8-4)11-3-9-5;1-2/h2-3H,1H3,(H2,7,8,9,10,11);1H3. The lowest BCUT2D eigenvalue weighted by atomic mass is 10.5. The van der Waals surface area contributed by atoms with Gasteiger partial charge in [-0.15, -0.1) is 0 Å². The van der Waals surface area contributed by atoms with Crippen LogP contribution in [0.5, 0.6) is 0 Å². The number of aromatic amines is 1. The van der Waals surface area contributed by atoms with E-state index in [0.717, 1.165) is 11.3 Å². The number of anilines is 1.